The summed E-state index contributed by atoms with van der Waals surface area (Å²) in [5.74, 6) is 1.36. The number of hydrogen-bond donors (Lipinski definition) is 2. The quantitative estimate of drug-likeness (QED) is 0.229. The Labute approximate surface area is 227 Å². The third-order valence-corrected chi connectivity index (χ3v) is 4.49. The van der Waals surface area contributed by atoms with E-state index in [0.717, 1.165) is 40.2 Å². The van der Waals surface area contributed by atoms with E-state index in [1.54, 1.807) is 0 Å². The van der Waals surface area contributed by atoms with E-state index in [1.165, 1.54) is 6.92 Å². The molecule has 0 saturated heterocycles. The predicted molar refractivity (Wildman–Crippen MR) is 133 cm³/mol. The number of aliphatic hydroxyl groups excluding tert-OH is 2. The minimum atomic E-state index is -0.286. The minimum absolute atomic E-state index is 0. The fourth-order valence-corrected chi connectivity index (χ4v) is 3.14. The molecule has 3 N–H and O–H groups in total. The van der Waals surface area contributed by atoms with Gasteiger partial charge in [-0.15, -0.1) is 0 Å². The molecule has 4 aromatic carbocycles. The van der Waals surface area contributed by atoms with Crippen LogP contribution in [-0.4, -0.2) is 55.2 Å². The van der Waals surface area contributed by atoms with E-state index in [1.807, 2.05) is 84.9 Å². The maximum atomic E-state index is 10.6. The third kappa shape index (κ3) is 10.7. The fourth-order valence-electron chi connectivity index (χ4n) is 3.14. The van der Waals surface area contributed by atoms with Crippen LogP contribution in [0, 0.1) is 0 Å². The molecule has 0 bridgehead atoms. The van der Waals surface area contributed by atoms with E-state index < -0.39 is 0 Å². The number of carbonyl (C=O) groups is 1. The average molecular weight is 491 g/mol. The summed E-state index contributed by atoms with van der Waals surface area (Å²) in [7, 11) is 1.00. The summed E-state index contributed by atoms with van der Waals surface area (Å²) in [6.45, 7) is 2.42. The van der Waals surface area contributed by atoms with E-state index in [4.69, 9.17) is 24.4 Å². The molecule has 0 atom stereocenters. The van der Waals surface area contributed by atoms with Crippen LogP contribution in [0.2, 0.25) is 0 Å². The summed E-state index contributed by atoms with van der Waals surface area (Å²) in [6, 6.07) is 27.9. The smallest absolute Gasteiger partial charge is 0.870 e. The normalized spacial score (nSPS) is 9.26. The van der Waals surface area contributed by atoms with Crippen molar-refractivity contribution in [1.82, 2.24) is 0 Å². The molecular formula is C27H31NaO7. The molecule has 0 spiro atoms. The van der Waals surface area contributed by atoms with Gasteiger partial charge in [-0.05, 0) is 22.9 Å². The molecule has 35 heavy (non-hydrogen) atoms. The van der Waals surface area contributed by atoms with Crippen LogP contribution in [-0.2, 0) is 9.53 Å². The first-order valence-electron chi connectivity index (χ1n) is 10.6. The zero-order valence-electron chi connectivity index (χ0n) is 20.4. The summed E-state index contributed by atoms with van der Waals surface area (Å²) in [6.07, 6.45) is 0. The van der Waals surface area contributed by atoms with E-state index in [2.05, 4.69) is 0 Å². The topological polar surface area (TPSA) is 115 Å². The van der Waals surface area contributed by atoms with Crippen LogP contribution >= 0.6 is 0 Å². The molecule has 0 aliphatic heterocycles. The SMILES string of the molecule is CC(=O)OCCOc1cccc2ccccc12.CO.OCCOc1cccc2ccccc12.[Na+].[OH-]. The summed E-state index contributed by atoms with van der Waals surface area (Å²) < 4.78 is 15.8. The fraction of sp³-hybridized carbons (Fsp3) is 0.222. The number of hydrogen-bond acceptors (Lipinski definition) is 7. The van der Waals surface area contributed by atoms with Crippen LogP contribution in [0.25, 0.3) is 21.5 Å². The molecule has 8 heteroatoms. The van der Waals surface area contributed by atoms with Gasteiger partial charge in [0.2, 0.25) is 0 Å². The molecule has 0 aliphatic carbocycles. The molecule has 0 aromatic heterocycles. The Hall–Kier alpha value is -2.65. The van der Waals surface area contributed by atoms with Crippen molar-refractivity contribution in [3.8, 4) is 11.5 Å². The number of aliphatic hydroxyl groups is 2. The minimum Gasteiger partial charge on any atom is -0.870 e. The molecule has 0 fully saturated rings. The van der Waals surface area contributed by atoms with Crippen LogP contribution in [0.15, 0.2) is 84.9 Å². The molecule has 7 nitrogen and oxygen atoms in total. The van der Waals surface area contributed by atoms with Gasteiger partial charge in [-0.25, -0.2) is 0 Å². The van der Waals surface area contributed by atoms with Crippen LogP contribution in [0.3, 0.4) is 0 Å². The maximum absolute atomic E-state index is 10.6. The van der Waals surface area contributed by atoms with E-state index in [0.29, 0.717) is 13.2 Å². The monoisotopic (exact) mass is 490 g/mol. The first-order valence-corrected chi connectivity index (χ1v) is 10.6. The van der Waals surface area contributed by atoms with Crippen molar-refractivity contribution in [1.29, 1.82) is 0 Å². The van der Waals surface area contributed by atoms with E-state index >= 15 is 0 Å². The molecule has 0 heterocycles. The van der Waals surface area contributed by atoms with Crippen molar-refractivity contribution in [2.75, 3.05) is 33.5 Å². The standard InChI is InChI=1S/C14H14O3.C12H12O2.CH4O.Na.H2O/c1-11(15)16-9-10-17-14-8-4-6-12-5-2-3-7-13(12)14;13-8-9-14-12-7-3-5-10-4-1-2-6-11(10)12;1-2;;/h2-8H,9-10H2,1H3;1-7,13H,8-9H2;2H,1H3;;1H2/q;;;+1;/p-1. The second-order valence-corrected chi connectivity index (χ2v) is 6.72. The Morgan fingerprint density at radius 1 is 0.686 bits per heavy atom. The molecule has 0 saturated carbocycles. The van der Waals surface area contributed by atoms with Gasteiger partial charge in [-0.1, -0.05) is 72.8 Å². The van der Waals surface area contributed by atoms with Crippen molar-refractivity contribution >= 4 is 27.5 Å². The van der Waals surface area contributed by atoms with Crippen molar-refractivity contribution in [2.45, 2.75) is 6.92 Å². The first-order chi connectivity index (χ1) is 16.2. The number of carbonyl (C=O) groups excluding carboxylic acids is 1. The summed E-state index contributed by atoms with van der Waals surface area (Å²) >= 11 is 0. The second kappa shape index (κ2) is 18.6. The second-order valence-electron chi connectivity index (χ2n) is 6.72. The molecular weight excluding hydrogens is 459 g/mol. The number of benzene rings is 4. The van der Waals surface area contributed by atoms with Crippen LogP contribution in [0.4, 0.5) is 0 Å². The van der Waals surface area contributed by atoms with E-state index in [-0.39, 0.29) is 54.2 Å². The molecule has 182 valence electrons. The van der Waals surface area contributed by atoms with Gasteiger partial charge in [-0.2, -0.15) is 0 Å². The van der Waals surface area contributed by atoms with Gasteiger partial charge in [0.25, 0.3) is 0 Å². The van der Waals surface area contributed by atoms with Gasteiger partial charge >= 0.3 is 35.5 Å². The van der Waals surface area contributed by atoms with Gasteiger partial charge < -0.3 is 29.9 Å². The number of esters is 1. The molecule has 4 rings (SSSR count). The van der Waals surface area contributed by atoms with Gasteiger partial charge in [0.1, 0.15) is 31.3 Å². The Bertz CT molecular complexity index is 1120. The van der Waals surface area contributed by atoms with Gasteiger partial charge in [0.05, 0.1) is 6.61 Å². The van der Waals surface area contributed by atoms with Crippen molar-refractivity contribution in [3.05, 3.63) is 84.9 Å². The molecule has 0 amide bonds. The molecule has 0 radical (unpaired) electrons. The van der Waals surface area contributed by atoms with Crippen molar-refractivity contribution in [3.63, 3.8) is 0 Å². The Kier molecular flexibility index (Phi) is 17.2. The first kappa shape index (κ1) is 32.4. The predicted octanol–water partition coefficient (Wildman–Crippen LogP) is 1.43. The van der Waals surface area contributed by atoms with E-state index in [9.17, 15) is 4.79 Å². The summed E-state index contributed by atoms with van der Waals surface area (Å²) in [4.78, 5) is 10.6. The molecule has 0 aliphatic rings. The van der Waals surface area contributed by atoms with Crippen LogP contribution in [0.5, 0.6) is 11.5 Å². The molecule has 4 aromatic rings. The number of fused-ring (bicyclic) bond motifs is 2. The number of rotatable bonds is 7. The third-order valence-electron chi connectivity index (χ3n) is 4.49. The Morgan fingerprint density at radius 3 is 1.57 bits per heavy atom. The van der Waals surface area contributed by atoms with Crippen molar-refractivity contribution in [2.24, 2.45) is 0 Å². The largest absolute Gasteiger partial charge is 1.00 e. The van der Waals surface area contributed by atoms with Gasteiger partial charge in [-0.3, -0.25) is 4.79 Å². The van der Waals surface area contributed by atoms with Crippen LogP contribution in [0.1, 0.15) is 6.92 Å². The maximum Gasteiger partial charge on any atom is 1.00 e. The zero-order valence-corrected chi connectivity index (χ0v) is 22.4. The van der Waals surface area contributed by atoms with Crippen LogP contribution < -0.4 is 39.0 Å². The Balaban J connectivity index is 0.000000593. The summed E-state index contributed by atoms with van der Waals surface area (Å²) in [5.41, 5.74) is 0. The molecule has 0 unspecified atom stereocenters. The van der Waals surface area contributed by atoms with Gasteiger partial charge in [0, 0.05) is 24.8 Å². The van der Waals surface area contributed by atoms with Gasteiger partial charge in [0.15, 0.2) is 0 Å². The zero-order chi connectivity index (χ0) is 23.9. The average Bonchev–Trinajstić information content (AvgIpc) is 2.87. The number of ether oxygens (including phenoxy) is 3. The Morgan fingerprint density at radius 2 is 1.11 bits per heavy atom. The summed E-state index contributed by atoms with van der Waals surface area (Å²) in [5, 5.41) is 20.1. The van der Waals surface area contributed by atoms with Crippen molar-refractivity contribution < 1.29 is 64.3 Å².